The van der Waals surface area contributed by atoms with Crippen LogP contribution in [0.3, 0.4) is 0 Å². The van der Waals surface area contributed by atoms with Gasteiger partial charge in [0.05, 0.1) is 5.92 Å². The quantitative estimate of drug-likeness (QED) is 0.648. The summed E-state index contributed by atoms with van der Waals surface area (Å²) in [7, 11) is 0. The number of primary amides is 1. The van der Waals surface area contributed by atoms with Gasteiger partial charge in [-0.05, 0) is 17.5 Å². The number of nitrogens with two attached hydrogens (primary N) is 2. The van der Waals surface area contributed by atoms with Crippen molar-refractivity contribution in [3.05, 3.63) is 35.4 Å². The third kappa shape index (κ3) is 1.21. The van der Waals surface area contributed by atoms with E-state index in [1.807, 2.05) is 24.3 Å². The molecule has 1 aromatic rings. The SMILES string of the molecule is NC(=O)[C@@H]1Cc2ccccc2[C@@H]1N. The van der Waals surface area contributed by atoms with E-state index in [4.69, 9.17) is 11.5 Å². The summed E-state index contributed by atoms with van der Waals surface area (Å²) in [6.45, 7) is 0. The van der Waals surface area contributed by atoms with Crippen molar-refractivity contribution in [1.29, 1.82) is 0 Å². The predicted octanol–water partition coefficient (Wildman–Crippen LogP) is 0.344. The van der Waals surface area contributed by atoms with Crippen LogP contribution in [-0.4, -0.2) is 5.91 Å². The van der Waals surface area contributed by atoms with Gasteiger partial charge in [0, 0.05) is 6.04 Å². The van der Waals surface area contributed by atoms with Gasteiger partial charge in [0.1, 0.15) is 0 Å². The van der Waals surface area contributed by atoms with Crippen molar-refractivity contribution in [2.24, 2.45) is 17.4 Å². The summed E-state index contributed by atoms with van der Waals surface area (Å²) >= 11 is 0. The first kappa shape index (κ1) is 8.26. The zero-order valence-corrected chi connectivity index (χ0v) is 7.23. The van der Waals surface area contributed by atoms with Gasteiger partial charge < -0.3 is 11.5 Å². The first-order valence-electron chi connectivity index (χ1n) is 4.33. The summed E-state index contributed by atoms with van der Waals surface area (Å²) in [6, 6.07) is 7.63. The van der Waals surface area contributed by atoms with Crippen molar-refractivity contribution >= 4 is 5.91 Å². The Morgan fingerprint density at radius 2 is 2.08 bits per heavy atom. The van der Waals surface area contributed by atoms with Crippen LogP contribution in [0.1, 0.15) is 17.2 Å². The van der Waals surface area contributed by atoms with Gasteiger partial charge in [-0.1, -0.05) is 24.3 Å². The molecule has 1 aromatic carbocycles. The molecule has 68 valence electrons. The van der Waals surface area contributed by atoms with Gasteiger partial charge >= 0.3 is 0 Å². The third-order valence-electron chi connectivity index (χ3n) is 2.65. The average Bonchev–Trinajstić information content (AvgIpc) is 2.45. The van der Waals surface area contributed by atoms with Gasteiger partial charge in [0.2, 0.25) is 5.91 Å². The number of carbonyl (C=O) groups excluding carboxylic acids is 1. The molecular weight excluding hydrogens is 164 g/mol. The van der Waals surface area contributed by atoms with Crippen molar-refractivity contribution in [3.8, 4) is 0 Å². The molecule has 3 nitrogen and oxygen atoms in total. The van der Waals surface area contributed by atoms with Gasteiger partial charge in [0.25, 0.3) is 0 Å². The molecule has 0 spiro atoms. The molecule has 4 N–H and O–H groups in total. The van der Waals surface area contributed by atoms with Crippen LogP contribution < -0.4 is 11.5 Å². The van der Waals surface area contributed by atoms with Gasteiger partial charge in [-0.25, -0.2) is 0 Å². The minimum atomic E-state index is -0.302. The minimum absolute atomic E-state index is 0.214. The maximum atomic E-state index is 11.0. The lowest BCUT2D eigenvalue weighted by molar-refractivity contribution is -0.122. The molecule has 2 atom stereocenters. The van der Waals surface area contributed by atoms with Crippen molar-refractivity contribution in [3.63, 3.8) is 0 Å². The zero-order chi connectivity index (χ0) is 9.42. The van der Waals surface area contributed by atoms with Gasteiger partial charge in [-0.2, -0.15) is 0 Å². The second-order valence-electron chi connectivity index (χ2n) is 3.44. The zero-order valence-electron chi connectivity index (χ0n) is 7.23. The number of hydrogen-bond donors (Lipinski definition) is 2. The fourth-order valence-corrected chi connectivity index (χ4v) is 1.90. The van der Waals surface area contributed by atoms with E-state index in [1.165, 1.54) is 0 Å². The molecule has 0 unspecified atom stereocenters. The topological polar surface area (TPSA) is 69.1 Å². The fraction of sp³-hybridized carbons (Fsp3) is 0.300. The first-order valence-corrected chi connectivity index (χ1v) is 4.33. The summed E-state index contributed by atoms with van der Waals surface area (Å²) in [5.41, 5.74) is 13.4. The highest BCUT2D eigenvalue weighted by Gasteiger charge is 2.32. The van der Waals surface area contributed by atoms with E-state index >= 15 is 0 Å². The molecule has 0 fully saturated rings. The van der Waals surface area contributed by atoms with E-state index in [0.717, 1.165) is 11.1 Å². The highest BCUT2D eigenvalue weighted by Crippen LogP contribution is 2.33. The lowest BCUT2D eigenvalue weighted by Gasteiger charge is -2.10. The smallest absolute Gasteiger partial charge is 0.222 e. The van der Waals surface area contributed by atoms with E-state index in [-0.39, 0.29) is 17.9 Å². The number of hydrogen-bond acceptors (Lipinski definition) is 2. The van der Waals surface area contributed by atoms with Crippen LogP contribution in [-0.2, 0) is 11.2 Å². The van der Waals surface area contributed by atoms with Crippen LogP contribution in [0.25, 0.3) is 0 Å². The lowest BCUT2D eigenvalue weighted by atomic mass is 10.0. The minimum Gasteiger partial charge on any atom is -0.369 e. The molecule has 0 saturated heterocycles. The standard InChI is InChI=1S/C10H12N2O/c11-9-7-4-2-1-3-6(7)5-8(9)10(12)13/h1-4,8-9H,5,11H2,(H2,12,13)/t8-,9+/m1/s1. The van der Waals surface area contributed by atoms with Gasteiger partial charge in [-0.15, -0.1) is 0 Å². The molecule has 0 bridgehead atoms. The lowest BCUT2D eigenvalue weighted by Crippen LogP contribution is -2.30. The molecule has 13 heavy (non-hydrogen) atoms. The molecule has 1 amide bonds. The normalized spacial score (nSPS) is 25.6. The Hall–Kier alpha value is -1.35. The van der Waals surface area contributed by atoms with Gasteiger partial charge in [-0.3, -0.25) is 4.79 Å². The Bertz CT molecular complexity index is 349. The molecule has 0 aliphatic heterocycles. The first-order chi connectivity index (χ1) is 6.20. The Morgan fingerprint density at radius 1 is 1.38 bits per heavy atom. The van der Waals surface area contributed by atoms with Crippen molar-refractivity contribution < 1.29 is 4.79 Å². The van der Waals surface area contributed by atoms with Crippen LogP contribution in [0.15, 0.2) is 24.3 Å². The number of fused-ring (bicyclic) bond motifs is 1. The van der Waals surface area contributed by atoms with Crippen molar-refractivity contribution in [1.82, 2.24) is 0 Å². The summed E-state index contributed by atoms with van der Waals surface area (Å²) in [5.74, 6) is -0.527. The predicted molar refractivity (Wildman–Crippen MR) is 49.8 cm³/mol. The average molecular weight is 176 g/mol. The largest absolute Gasteiger partial charge is 0.369 e. The molecule has 2 rings (SSSR count). The molecule has 0 radical (unpaired) electrons. The number of benzene rings is 1. The maximum absolute atomic E-state index is 11.0. The summed E-state index contributed by atoms with van der Waals surface area (Å²) in [4.78, 5) is 11.0. The van der Waals surface area contributed by atoms with Crippen molar-refractivity contribution in [2.75, 3.05) is 0 Å². The molecule has 0 aromatic heterocycles. The van der Waals surface area contributed by atoms with Crippen molar-refractivity contribution in [2.45, 2.75) is 12.5 Å². The van der Waals surface area contributed by atoms with Gasteiger partial charge in [0.15, 0.2) is 0 Å². The van der Waals surface area contributed by atoms with Crippen LogP contribution in [0.4, 0.5) is 0 Å². The summed E-state index contributed by atoms with van der Waals surface area (Å²) in [6.07, 6.45) is 0.687. The molecule has 0 saturated carbocycles. The second-order valence-corrected chi connectivity index (χ2v) is 3.44. The molecule has 1 aliphatic rings. The molecular formula is C10H12N2O. The van der Waals surface area contributed by atoms with E-state index in [1.54, 1.807) is 0 Å². The molecule has 3 heteroatoms. The highest BCUT2D eigenvalue weighted by molar-refractivity contribution is 5.79. The Morgan fingerprint density at radius 3 is 2.69 bits per heavy atom. The Balaban J connectivity index is 2.38. The van der Waals surface area contributed by atoms with E-state index < -0.39 is 0 Å². The van der Waals surface area contributed by atoms with E-state index in [0.29, 0.717) is 6.42 Å². The second kappa shape index (κ2) is 2.85. The number of carbonyl (C=O) groups is 1. The summed E-state index contributed by atoms with van der Waals surface area (Å²) < 4.78 is 0. The highest BCUT2D eigenvalue weighted by atomic mass is 16.1. The molecule has 1 aliphatic carbocycles. The number of rotatable bonds is 1. The van der Waals surface area contributed by atoms with Crippen LogP contribution in [0.5, 0.6) is 0 Å². The number of amides is 1. The fourth-order valence-electron chi connectivity index (χ4n) is 1.90. The van der Waals surface area contributed by atoms with Crippen LogP contribution in [0, 0.1) is 5.92 Å². The van der Waals surface area contributed by atoms with Crippen LogP contribution in [0.2, 0.25) is 0 Å². The van der Waals surface area contributed by atoms with E-state index in [2.05, 4.69) is 0 Å². The Labute approximate surface area is 76.7 Å². The van der Waals surface area contributed by atoms with E-state index in [9.17, 15) is 4.79 Å². The summed E-state index contributed by atoms with van der Waals surface area (Å²) in [5, 5.41) is 0. The Kier molecular flexibility index (Phi) is 1.81. The third-order valence-corrected chi connectivity index (χ3v) is 2.65. The van der Waals surface area contributed by atoms with Crippen LogP contribution >= 0.6 is 0 Å². The molecule has 0 heterocycles. The maximum Gasteiger partial charge on any atom is 0.222 e. The monoisotopic (exact) mass is 176 g/mol.